The molecule has 2 N–H and O–H groups in total. The van der Waals surface area contributed by atoms with Crippen molar-refractivity contribution in [2.24, 2.45) is 4.99 Å². The van der Waals surface area contributed by atoms with Gasteiger partial charge in [-0.3, -0.25) is 0 Å². The van der Waals surface area contributed by atoms with Gasteiger partial charge < -0.3 is 29.9 Å². The summed E-state index contributed by atoms with van der Waals surface area (Å²) in [5.74, 6) is 2.46. The van der Waals surface area contributed by atoms with Gasteiger partial charge in [0.05, 0.1) is 6.54 Å². The number of guanidine groups is 1. The van der Waals surface area contributed by atoms with E-state index in [4.69, 9.17) is 9.47 Å². The normalized spacial score (nSPS) is 21.2. The van der Waals surface area contributed by atoms with Crippen molar-refractivity contribution in [2.75, 3.05) is 66.0 Å². The van der Waals surface area contributed by atoms with Crippen molar-refractivity contribution in [1.29, 1.82) is 0 Å². The molecule has 1 atom stereocenters. The van der Waals surface area contributed by atoms with E-state index in [0.29, 0.717) is 13.2 Å². The van der Waals surface area contributed by atoms with Gasteiger partial charge in [0.2, 0.25) is 0 Å². The lowest BCUT2D eigenvalue weighted by atomic mass is 10.2. The van der Waals surface area contributed by atoms with E-state index in [1.807, 2.05) is 24.3 Å². The van der Waals surface area contributed by atoms with Crippen molar-refractivity contribution < 1.29 is 9.47 Å². The van der Waals surface area contributed by atoms with Crippen LogP contribution in [-0.4, -0.2) is 87.9 Å². The zero-order valence-electron chi connectivity index (χ0n) is 17.3. The molecular formula is C21H35N5O2. The zero-order valence-corrected chi connectivity index (χ0v) is 17.3. The van der Waals surface area contributed by atoms with E-state index in [9.17, 15) is 0 Å². The Morgan fingerprint density at radius 3 is 2.86 bits per heavy atom. The second-order valence-electron chi connectivity index (χ2n) is 7.50. The van der Waals surface area contributed by atoms with Crippen LogP contribution in [0.25, 0.3) is 0 Å². The molecule has 156 valence electrons. The average Bonchev–Trinajstić information content (AvgIpc) is 2.93. The van der Waals surface area contributed by atoms with Gasteiger partial charge in [0.25, 0.3) is 0 Å². The van der Waals surface area contributed by atoms with Crippen LogP contribution in [0.1, 0.15) is 19.8 Å². The quantitative estimate of drug-likeness (QED) is 0.418. The van der Waals surface area contributed by atoms with E-state index >= 15 is 0 Å². The number of hydrogen-bond donors (Lipinski definition) is 2. The summed E-state index contributed by atoms with van der Waals surface area (Å²) in [6.45, 7) is 10.8. The molecule has 2 aliphatic rings. The number of ether oxygens (including phenoxy) is 2. The van der Waals surface area contributed by atoms with Crippen LogP contribution in [-0.2, 0) is 0 Å². The molecule has 1 fully saturated rings. The number of aliphatic imine (C=N–C) groups is 1. The largest absolute Gasteiger partial charge is 0.486 e. The smallest absolute Gasteiger partial charge is 0.191 e. The number of para-hydroxylation sites is 2. The molecule has 3 rings (SSSR count). The van der Waals surface area contributed by atoms with Gasteiger partial charge in [-0.25, -0.2) is 4.99 Å². The van der Waals surface area contributed by atoms with Gasteiger partial charge in [0, 0.05) is 26.2 Å². The molecule has 0 aliphatic carbocycles. The summed E-state index contributed by atoms with van der Waals surface area (Å²) in [5, 5.41) is 6.77. The lowest BCUT2D eigenvalue weighted by molar-refractivity contribution is 0.0971. The van der Waals surface area contributed by atoms with E-state index in [-0.39, 0.29) is 6.10 Å². The highest BCUT2D eigenvalue weighted by Crippen LogP contribution is 2.30. The Morgan fingerprint density at radius 1 is 1.14 bits per heavy atom. The van der Waals surface area contributed by atoms with E-state index < -0.39 is 0 Å². The van der Waals surface area contributed by atoms with Crippen LogP contribution in [0.3, 0.4) is 0 Å². The SMILES string of the molecule is CCNC(=NCC1COc2ccccc2O1)NCCCN1CCCN(C)CC1. The molecule has 1 saturated heterocycles. The number of nitrogens with one attached hydrogen (secondary N) is 2. The number of likely N-dealkylation sites (N-methyl/N-ethyl adjacent to an activating group) is 1. The molecule has 0 spiro atoms. The van der Waals surface area contributed by atoms with Gasteiger partial charge in [-0.1, -0.05) is 12.1 Å². The van der Waals surface area contributed by atoms with E-state index in [1.54, 1.807) is 0 Å². The third-order valence-electron chi connectivity index (χ3n) is 5.12. The van der Waals surface area contributed by atoms with Gasteiger partial charge in [-0.15, -0.1) is 0 Å². The fraction of sp³-hybridized carbons (Fsp3) is 0.667. The maximum atomic E-state index is 5.99. The first-order valence-corrected chi connectivity index (χ1v) is 10.6. The first-order valence-electron chi connectivity index (χ1n) is 10.6. The number of rotatable bonds is 7. The first-order chi connectivity index (χ1) is 13.7. The summed E-state index contributed by atoms with van der Waals surface area (Å²) in [5.41, 5.74) is 0. The highest BCUT2D eigenvalue weighted by molar-refractivity contribution is 5.79. The molecule has 2 heterocycles. The molecule has 7 nitrogen and oxygen atoms in total. The molecular weight excluding hydrogens is 354 g/mol. The fourth-order valence-electron chi connectivity index (χ4n) is 3.52. The summed E-state index contributed by atoms with van der Waals surface area (Å²) < 4.78 is 11.8. The van der Waals surface area contributed by atoms with Crippen LogP contribution in [0, 0.1) is 0 Å². The predicted molar refractivity (Wildman–Crippen MR) is 114 cm³/mol. The minimum absolute atomic E-state index is 0.0561. The van der Waals surface area contributed by atoms with Gasteiger partial charge in [-0.05, 0) is 58.6 Å². The molecule has 0 radical (unpaired) electrons. The monoisotopic (exact) mass is 389 g/mol. The van der Waals surface area contributed by atoms with Crippen molar-refractivity contribution in [2.45, 2.75) is 25.9 Å². The molecule has 7 heteroatoms. The van der Waals surface area contributed by atoms with Gasteiger partial charge in [0.1, 0.15) is 6.61 Å². The van der Waals surface area contributed by atoms with Crippen LogP contribution in [0.5, 0.6) is 11.5 Å². The predicted octanol–water partition coefficient (Wildman–Crippen LogP) is 1.41. The van der Waals surface area contributed by atoms with Crippen LogP contribution >= 0.6 is 0 Å². The molecule has 0 amide bonds. The Morgan fingerprint density at radius 2 is 2.00 bits per heavy atom. The lowest BCUT2D eigenvalue weighted by Crippen LogP contribution is -2.40. The van der Waals surface area contributed by atoms with Crippen LogP contribution in [0.15, 0.2) is 29.3 Å². The second-order valence-corrected chi connectivity index (χ2v) is 7.50. The average molecular weight is 390 g/mol. The summed E-state index contributed by atoms with van der Waals surface area (Å²) in [6, 6.07) is 7.79. The molecule has 0 saturated carbocycles. The van der Waals surface area contributed by atoms with E-state index in [0.717, 1.165) is 43.5 Å². The Kier molecular flexibility index (Phi) is 8.23. The second kappa shape index (κ2) is 11.1. The van der Waals surface area contributed by atoms with Crippen LogP contribution < -0.4 is 20.1 Å². The maximum absolute atomic E-state index is 5.99. The van der Waals surface area contributed by atoms with Crippen LogP contribution in [0.2, 0.25) is 0 Å². The summed E-state index contributed by atoms with van der Waals surface area (Å²) in [7, 11) is 2.21. The minimum atomic E-state index is -0.0561. The van der Waals surface area contributed by atoms with Crippen molar-refractivity contribution in [3.63, 3.8) is 0 Å². The Hall–Kier alpha value is -1.99. The van der Waals surface area contributed by atoms with Crippen molar-refractivity contribution >= 4 is 5.96 Å². The zero-order chi connectivity index (χ0) is 19.6. The third-order valence-corrected chi connectivity index (χ3v) is 5.12. The van der Waals surface area contributed by atoms with Crippen molar-refractivity contribution in [3.05, 3.63) is 24.3 Å². The van der Waals surface area contributed by atoms with Gasteiger partial charge >= 0.3 is 0 Å². The summed E-state index contributed by atoms with van der Waals surface area (Å²) in [4.78, 5) is 9.68. The molecule has 0 bridgehead atoms. The Labute approximate surface area is 169 Å². The molecule has 1 unspecified atom stereocenters. The van der Waals surface area contributed by atoms with Crippen molar-refractivity contribution in [3.8, 4) is 11.5 Å². The van der Waals surface area contributed by atoms with Gasteiger partial charge in [-0.2, -0.15) is 0 Å². The van der Waals surface area contributed by atoms with Crippen molar-refractivity contribution in [1.82, 2.24) is 20.4 Å². The Balaban J connectivity index is 1.39. The highest BCUT2D eigenvalue weighted by Gasteiger charge is 2.20. The fourth-order valence-corrected chi connectivity index (χ4v) is 3.52. The molecule has 1 aromatic rings. The summed E-state index contributed by atoms with van der Waals surface area (Å²) in [6.07, 6.45) is 2.32. The molecule has 2 aliphatic heterocycles. The van der Waals surface area contributed by atoms with E-state index in [1.165, 1.54) is 32.6 Å². The number of hydrogen-bond acceptors (Lipinski definition) is 5. The molecule has 0 aromatic heterocycles. The maximum Gasteiger partial charge on any atom is 0.191 e. The minimum Gasteiger partial charge on any atom is -0.486 e. The first kappa shape index (κ1) is 20.7. The lowest BCUT2D eigenvalue weighted by Gasteiger charge is -2.25. The topological polar surface area (TPSA) is 61.4 Å². The molecule has 28 heavy (non-hydrogen) atoms. The standard InChI is InChI=1S/C21H35N5O2/c1-3-22-21(23-10-6-12-26-13-7-11-25(2)14-15-26)24-16-18-17-27-19-8-4-5-9-20(19)28-18/h4-5,8-9,18H,3,6-7,10-17H2,1-2H3,(H2,22,23,24). The third kappa shape index (κ3) is 6.56. The Bertz CT molecular complexity index is 625. The number of benzene rings is 1. The highest BCUT2D eigenvalue weighted by atomic mass is 16.6. The van der Waals surface area contributed by atoms with Crippen LogP contribution in [0.4, 0.5) is 0 Å². The molecule has 1 aromatic carbocycles. The summed E-state index contributed by atoms with van der Waals surface area (Å²) >= 11 is 0. The number of nitrogens with zero attached hydrogens (tertiary/aromatic N) is 3. The van der Waals surface area contributed by atoms with Gasteiger partial charge in [0.15, 0.2) is 23.6 Å². The number of fused-ring (bicyclic) bond motifs is 1. The van der Waals surface area contributed by atoms with E-state index in [2.05, 4.69) is 39.4 Å².